The third-order valence-electron chi connectivity index (χ3n) is 2.18. The summed E-state index contributed by atoms with van der Waals surface area (Å²) in [5.41, 5.74) is 8.31. The van der Waals surface area contributed by atoms with Crippen molar-refractivity contribution in [3.63, 3.8) is 0 Å². The smallest absolute Gasteiger partial charge is 0.0427 e. The second kappa shape index (κ2) is 4.19. The Balaban J connectivity index is 2.89. The van der Waals surface area contributed by atoms with Gasteiger partial charge < -0.3 is 11.1 Å². The van der Waals surface area contributed by atoms with Gasteiger partial charge in [0.05, 0.1) is 0 Å². The number of aryl methyl sites for hydroxylation is 1. The molecule has 0 aliphatic carbocycles. The lowest BCUT2D eigenvalue weighted by Gasteiger charge is -2.10. The lowest BCUT2D eigenvalue weighted by Crippen LogP contribution is -2.20. The van der Waals surface area contributed by atoms with E-state index in [0.29, 0.717) is 12.3 Å². The van der Waals surface area contributed by atoms with Crippen molar-refractivity contribution >= 4 is 5.71 Å². The fourth-order valence-electron chi connectivity index (χ4n) is 1.21. The fourth-order valence-corrected chi connectivity index (χ4v) is 1.21. The molecule has 0 amide bonds. The summed E-state index contributed by atoms with van der Waals surface area (Å²) < 4.78 is 0. The Bertz CT molecular complexity index is 305. The summed E-state index contributed by atoms with van der Waals surface area (Å²) in [6.07, 6.45) is 0. The van der Waals surface area contributed by atoms with Crippen molar-refractivity contribution in [2.24, 2.45) is 11.7 Å². The topological polar surface area (TPSA) is 49.9 Å². The highest BCUT2D eigenvalue weighted by Crippen LogP contribution is 2.09. The first-order chi connectivity index (χ1) is 6.15. The first-order valence-electron chi connectivity index (χ1n) is 4.50. The molecule has 0 fully saturated rings. The summed E-state index contributed by atoms with van der Waals surface area (Å²) in [6.45, 7) is 4.54. The van der Waals surface area contributed by atoms with Crippen LogP contribution in [0.1, 0.15) is 18.1 Å². The predicted molar refractivity (Wildman–Crippen MR) is 56.2 cm³/mol. The van der Waals surface area contributed by atoms with Gasteiger partial charge >= 0.3 is 0 Å². The molecule has 0 saturated heterocycles. The largest absolute Gasteiger partial charge is 0.330 e. The van der Waals surface area contributed by atoms with Crippen LogP contribution in [0.15, 0.2) is 24.3 Å². The summed E-state index contributed by atoms with van der Waals surface area (Å²) in [6, 6.07) is 7.99. The summed E-state index contributed by atoms with van der Waals surface area (Å²) in [5.74, 6) is 0.141. The minimum atomic E-state index is 0.141. The molecule has 1 rings (SSSR count). The number of rotatable bonds is 3. The number of hydrogen-bond donors (Lipinski definition) is 2. The molecule has 1 aromatic carbocycles. The van der Waals surface area contributed by atoms with E-state index in [1.807, 2.05) is 38.1 Å². The van der Waals surface area contributed by atoms with E-state index in [0.717, 1.165) is 5.56 Å². The molecule has 1 unspecified atom stereocenters. The van der Waals surface area contributed by atoms with E-state index >= 15 is 0 Å². The monoisotopic (exact) mass is 176 g/mol. The van der Waals surface area contributed by atoms with Crippen molar-refractivity contribution in [2.75, 3.05) is 6.54 Å². The molecule has 0 radical (unpaired) electrons. The van der Waals surface area contributed by atoms with Gasteiger partial charge in [0.25, 0.3) is 0 Å². The number of benzene rings is 1. The van der Waals surface area contributed by atoms with Crippen LogP contribution in [0.25, 0.3) is 0 Å². The Hall–Kier alpha value is -1.15. The zero-order valence-electron chi connectivity index (χ0n) is 8.17. The molecule has 1 atom stereocenters. The van der Waals surface area contributed by atoms with Crippen molar-refractivity contribution in [3.8, 4) is 0 Å². The zero-order chi connectivity index (χ0) is 9.84. The average Bonchev–Trinajstić information content (AvgIpc) is 2.15. The fraction of sp³-hybridized carbons (Fsp3) is 0.364. The quantitative estimate of drug-likeness (QED) is 0.679. The van der Waals surface area contributed by atoms with E-state index in [9.17, 15) is 0 Å². The lowest BCUT2D eigenvalue weighted by molar-refractivity contribution is 0.778. The van der Waals surface area contributed by atoms with E-state index in [-0.39, 0.29) is 5.92 Å². The van der Waals surface area contributed by atoms with E-state index < -0.39 is 0 Å². The van der Waals surface area contributed by atoms with Crippen LogP contribution >= 0.6 is 0 Å². The first-order valence-corrected chi connectivity index (χ1v) is 4.50. The molecule has 1 aromatic rings. The van der Waals surface area contributed by atoms with Crippen LogP contribution in [0.4, 0.5) is 0 Å². The van der Waals surface area contributed by atoms with Gasteiger partial charge in [-0.1, -0.05) is 36.8 Å². The molecule has 0 aromatic heterocycles. The van der Waals surface area contributed by atoms with Crippen LogP contribution in [0, 0.1) is 18.3 Å². The van der Waals surface area contributed by atoms with Gasteiger partial charge in [0.1, 0.15) is 0 Å². The highest BCUT2D eigenvalue weighted by atomic mass is 14.6. The second-order valence-corrected chi connectivity index (χ2v) is 3.42. The molecule has 2 nitrogen and oxygen atoms in total. The molecule has 0 spiro atoms. The van der Waals surface area contributed by atoms with Gasteiger partial charge in [-0.15, -0.1) is 0 Å². The predicted octanol–water partition coefficient (Wildman–Crippen LogP) is 1.96. The normalized spacial score (nSPS) is 12.5. The van der Waals surface area contributed by atoms with E-state index in [2.05, 4.69) is 0 Å². The molecule has 0 aliphatic rings. The maximum absolute atomic E-state index is 7.85. The van der Waals surface area contributed by atoms with Crippen LogP contribution in [-0.2, 0) is 0 Å². The van der Waals surface area contributed by atoms with Gasteiger partial charge in [-0.2, -0.15) is 0 Å². The number of hydrogen-bond acceptors (Lipinski definition) is 2. The van der Waals surface area contributed by atoms with E-state index in [1.54, 1.807) is 0 Å². The van der Waals surface area contributed by atoms with Gasteiger partial charge in [0, 0.05) is 18.2 Å². The van der Waals surface area contributed by atoms with E-state index in [1.165, 1.54) is 5.56 Å². The Morgan fingerprint density at radius 1 is 1.54 bits per heavy atom. The number of nitrogens with two attached hydrogens (primary N) is 1. The van der Waals surface area contributed by atoms with Crippen LogP contribution in [-0.4, -0.2) is 12.3 Å². The summed E-state index contributed by atoms with van der Waals surface area (Å²) in [5, 5.41) is 7.85. The zero-order valence-corrected chi connectivity index (χ0v) is 8.17. The van der Waals surface area contributed by atoms with Gasteiger partial charge in [-0.3, -0.25) is 0 Å². The molecule has 2 heteroatoms. The minimum Gasteiger partial charge on any atom is -0.330 e. The SMILES string of the molecule is Cc1cccc(C(=N)C(C)CN)c1. The molecule has 0 heterocycles. The van der Waals surface area contributed by atoms with Crippen LogP contribution in [0.3, 0.4) is 0 Å². The molecule has 0 bridgehead atoms. The summed E-state index contributed by atoms with van der Waals surface area (Å²) in [4.78, 5) is 0. The molecular formula is C11H16N2. The summed E-state index contributed by atoms with van der Waals surface area (Å²) in [7, 11) is 0. The highest BCUT2D eigenvalue weighted by Gasteiger charge is 2.08. The van der Waals surface area contributed by atoms with Crippen molar-refractivity contribution < 1.29 is 0 Å². The molecule has 3 N–H and O–H groups in total. The third-order valence-corrected chi connectivity index (χ3v) is 2.18. The molecule has 0 saturated carbocycles. The van der Waals surface area contributed by atoms with Gasteiger partial charge in [0.2, 0.25) is 0 Å². The molecular weight excluding hydrogens is 160 g/mol. The van der Waals surface area contributed by atoms with Crippen LogP contribution in [0.5, 0.6) is 0 Å². The van der Waals surface area contributed by atoms with Crippen molar-refractivity contribution in [1.82, 2.24) is 0 Å². The average molecular weight is 176 g/mol. The molecule has 13 heavy (non-hydrogen) atoms. The van der Waals surface area contributed by atoms with Crippen molar-refractivity contribution in [2.45, 2.75) is 13.8 Å². The third kappa shape index (κ3) is 2.39. The Morgan fingerprint density at radius 2 is 2.23 bits per heavy atom. The van der Waals surface area contributed by atoms with Crippen molar-refractivity contribution in [3.05, 3.63) is 35.4 Å². The number of nitrogens with one attached hydrogen (secondary N) is 1. The summed E-state index contributed by atoms with van der Waals surface area (Å²) >= 11 is 0. The Kier molecular flexibility index (Phi) is 3.20. The van der Waals surface area contributed by atoms with Gasteiger partial charge in [0.15, 0.2) is 0 Å². The van der Waals surface area contributed by atoms with Gasteiger partial charge in [-0.05, 0) is 12.5 Å². The Morgan fingerprint density at radius 3 is 2.77 bits per heavy atom. The van der Waals surface area contributed by atoms with Gasteiger partial charge in [-0.25, -0.2) is 0 Å². The maximum atomic E-state index is 7.85. The molecule has 0 aliphatic heterocycles. The Labute approximate surface area is 79.3 Å². The lowest BCUT2D eigenvalue weighted by atomic mass is 9.97. The highest BCUT2D eigenvalue weighted by molar-refractivity contribution is 5.99. The van der Waals surface area contributed by atoms with Crippen LogP contribution in [0.2, 0.25) is 0 Å². The maximum Gasteiger partial charge on any atom is 0.0427 e. The molecule has 70 valence electrons. The minimum absolute atomic E-state index is 0.141. The first kappa shape index (κ1) is 9.93. The van der Waals surface area contributed by atoms with Crippen LogP contribution < -0.4 is 5.73 Å². The van der Waals surface area contributed by atoms with Crippen molar-refractivity contribution in [1.29, 1.82) is 5.41 Å². The standard InChI is InChI=1S/C11H16N2/c1-8-4-3-5-10(6-8)11(13)9(2)7-12/h3-6,9,13H,7,12H2,1-2H3. The second-order valence-electron chi connectivity index (χ2n) is 3.42. The van der Waals surface area contributed by atoms with E-state index in [4.69, 9.17) is 11.1 Å².